The van der Waals surface area contributed by atoms with Crippen LogP contribution in [0.1, 0.15) is 33.1 Å². The van der Waals surface area contributed by atoms with E-state index in [4.69, 9.17) is 5.73 Å². The Kier molecular flexibility index (Phi) is 6.87. The van der Waals surface area contributed by atoms with E-state index in [0.29, 0.717) is 0 Å². The normalized spacial score (nSPS) is 16.3. The third kappa shape index (κ3) is 8.01. The summed E-state index contributed by atoms with van der Waals surface area (Å²) in [6.07, 6.45) is 3.09. The van der Waals surface area contributed by atoms with Gasteiger partial charge in [0.25, 0.3) is 0 Å². The summed E-state index contributed by atoms with van der Waals surface area (Å²) in [4.78, 5) is 0. The van der Waals surface area contributed by atoms with Gasteiger partial charge in [-0.25, -0.2) is 0 Å². The topological polar surface area (TPSA) is 43.1 Å². The minimum absolute atomic E-state index is 0.195. The number of hydrogen-bond acceptors (Lipinski definition) is 2. The summed E-state index contributed by atoms with van der Waals surface area (Å²) in [6, 6.07) is 0.195. The fourth-order valence-electron chi connectivity index (χ4n) is 0.725. The maximum atomic E-state index is 11.2. The van der Waals surface area contributed by atoms with Crippen LogP contribution in [0.3, 0.4) is 0 Å². The van der Waals surface area contributed by atoms with Gasteiger partial charge in [0.1, 0.15) is 0 Å². The second-order valence-electron chi connectivity index (χ2n) is 2.97. The van der Waals surface area contributed by atoms with Crippen LogP contribution in [0.25, 0.3) is 0 Å². The van der Waals surface area contributed by atoms with E-state index in [0.717, 1.165) is 30.8 Å². The Morgan fingerprint density at radius 1 is 1.45 bits per heavy atom. The van der Waals surface area contributed by atoms with Crippen molar-refractivity contribution in [1.29, 1.82) is 0 Å². The maximum absolute atomic E-state index is 11.2. The molecule has 0 aromatic heterocycles. The average molecular weight is 177 g/mol. The van der Waals surface area contributed by atoms with Crippen molar-refractivity contribution in [2.24, 2.45) is 5.73 Å². The van der Waals surface area contributed by atoms with Crippen LogP contribution in [0, 0.1) is 0 Å². The molecule has 0 radical (unpaired) electrons. The molecule has 2 unspecified atom stereocenters. The SMILES string of the molecule is CCCCS(=O)CCC(C)N. The van der Waals surface area contributed by atoms with Gasteiger partial charge < -0.3 is 5.73 Å². The molecule has 0 saturated carbocycles. The summed E-state index contributed by atoms with van der Waals surface area (Å²) in [5.41, 5.74) is 5.53. The van der Waals surface area contributed by atoms with Gasteiger partial charge in [-0.1, -0.05) is 13.3 Å². The van der Waals surface area contributed by atoms with Crippen molar-refractivity contribution in [2.75, 3.05) is 11.5 Å². The van der Waals surface area contributed by atoms with Gasteiger partial charge in [0.15, 0.2) is 0 Å². The molecule has 0 saturated heterocycles. The molecule has 0 amide bonds. The highest BCUT2D eigenvalue weighted by atomic mass is 32.2. The molecular weight excluding hydrogens is 158 g/mol. The molecule has 0 heterocycles. The van der Waals surface area contributed by atoms with Crippen LogP contribution in [0.15, 0.2) is 0 Å². The zero-order valence-electron chi connectivity index (χ0n) is 7.51. The van der Waals surface area contributed by atoms with Gasteiger partial charge in [0.05, 0.1) is 0 Å². The van der Waals surface area contributed by atoms with Gasteiger partial charge in [-0.05, 0) is 19.8 Å². The first-order valence-corrected chi connectivity index (χ1v) is 5.76. The van der Waals surface area contributed by atoms with E-state index in [1.165, 1.54) is 0 Å². The lowest BCUT2D eigenvalue weighted by atomic mass is 10.3. The van der Waals surface area contributed by atoms with Gasteiger partial charge in [0, 0.05) is 28.3 Å². The van der Waals surface area contributed by atoms with E-state index in [-0.39, 0.29) is 6.04 Å². The summed E-state index contributed by atoms with van der Waals surface area (Å²) in [5, 5.41) is 0. The molecule has 68 valence electrons. The van der Waals surface area contributed by atoms with Crippen molar-refractivity contribution in [3.05, 3.63) is 0 Å². The van der Waals surface area contributed by atoms with Crippen LogP contribution in [0.5, 0.6) is 0 Å². The third-order valence-corrected chi connectivity index (χ3v) is 2.96. The summed E-state index contributed by atoms with van der Waals surface area (Å²) in [7, 11) is -0.620. The van der Waals surface area contributed by atoms with Crippen molar-refractivity contribution in [2.45, 2.75) is 39.2 Å². The van der Waals surface area contributed by atoms with Crippen molar-refractivity contribution in [3.8, 4) is 0 Å². The Labute approximate surface area is 72.0 Å². The van der Waals surface area contributed by atoms with Crippen LogP contribution in [-0.4, -0.2) is 21.8 Å². The largest absolute Gasteiger partial charge is 0.328 e. The first-order valence-electron chi connectivity index (χ1n) is 4.27. The van der Waals surface area contributed by atoms with E-state index >= 15 is 0 Å². The minimum Gasteiger partial charge on any atom is -0.328 e. The van der Waals surface area contributed by atoms with E-state index in [2.05, 4.69) is 6.92 Å². The van der Waals surface area contributed by atoms with Gasteiger partial charge >= 0.3 is 0 Å². The standard InChI is InChI=1S/C8H19NOS/c1-3-4-6-11(10)7-5-8(2)9/h8H,3-7,9H2,1-2H3. The molecule has 0 fully saturated rings. The van der Waals surface area contributed by atoms with Crippen molar-refractivity contribution in [3.63, 3.8) is 0 Å². The molecule has 0 aliphatic rings. The van der Waals surface area contributed by atoms with Gasteiger partial charge in [-0.2, -0.15) is 0 Å². The Morgan fingerprint density at radius 3 is 2.55 bits per heavy atom. The summed E-state index contributed by atoms with van der Waals surface area (Å²) in [5.74, 6) is 1.63. The first kappa shape index (κ1) is 11.1. The molecule has 0 bridgehead atoms. The Bertz CT molecular complexity index is 115. The van der Waals surface area contributed by atoms with Crippen LogP contribution < -0.4 is 5.73 Å². The number of rotatable bonds is 6. The molecular formula is C8H19NOS. The fraction of sp³-hybridized carbons (Fsp3) is 1.00. The summed E-state index contributed by atoms with van der Waals surface area (Å²) in [6.45, 7) is 4.07. The summed E-state index contributed by atoms with van der Waals surface area (Å²) >= 11 is 0. The summed E-state index contributed by atoms with van der Waals surface area (Å²) < 4.78 is 11.2. The molecule has 0 aromatic rings. The zero-order valence-corrected chi connectivity index (χ0v) is 8.32. The molecule has 0 spiro atoms. The molecule has 3 heteroatoms. The molecule has 2 nitrogen and oxygen atoms in total. The monoisotopic (exact) mass is 177 g/mol. The minimum atomic E-state index is -0.620. The van der Waals surface area contributed by atoms with E-state index in [1.54, 1.807) is 0 Å². The predicted octanol–water partition coefficient (Wildman–Crippen LogP) is 1.27. The van der Waals surface area contributed by atoms with Crippen molar-refractivity contribution >= 4 is 10.8 Å². The zero-order chi connectivity index (χ0) is 8.69. The Morgan fingerprint density at radius 2 is 2.09 bits per heavy atom. The van der Waals surface area contributed by atoms with Crippen molar-refractivity contribution in [1.82, 2.24) is 0 Å². The van der Waals surface area contributed by atoms with E-state index in [1.807, 2.05) is 6.92 Å². The quantitative estimate of drug-likeness (QED) is 0.664. The van der Waals surface area contributed by atoms with Crippen LogP contribution in [0.2, 0.25) is 0 Å². The molecule has 0 rings (SSSR count). The number of nitrogens with two attached hydrogens (primary N) is 1. The number of hydrogen-bond donors (Lipinski definition) is 1. The van der Waals surface area contributed by atoms with Crippen LogP contribution in [0.4, 0.5) is 0 Å². The van der Waals surface area contributed by atoms with E-state index < -0.39 is 10.8 Å². The molecule has 11 heavy (non-hydrogen) atoms. The lowest BCUT2D eigenvalue weighted by Gasteiger charge is -2.03. The van der Waals surface area contributed by atoms with Gasteiger partial charge in [-0.15, -0.1) is 0 Å². The molecule has 0 aliphatic carbocycles. The molecule has 2 N–H and O–H groups in total. The number of unbranched alkanes of at least 4 members (excludes halogenated alkanes) is 1. The second kappa shape index (κ2) is 6.80. The Balaban J connectivity index is 3.23. The van der Waals surface area contributed by atoms with Crippen LogP contribution >= 0.6 is 0 Å². The fourth-order valence-corrected chi connectivity index (χ4v) is 2.17. The molecule has 2 atom stereocenters. The van der Waals surface area contributed by atoms with Gasteiger partial charge in [0.2, 0.25) is 0 Å². The average Bonchev–Trinajstić information content (AvgIpc) is 1.97. The first-order chi connectivity index (χ1) is 5.16. The smallest absolute Gasteiger partial charge is 0.0249 e. The van der Waals surface area contributed by atoms with Gasteiger partial charge in [-0.3, -0.25) is 4.21 Å². The van der Waals surface area contributed by atoms with Crippen LogP contribution in [-0.2, 0) is 10.8 Å². The third-order valence-electron chi connectivity index (χ3n) is 1.53. The molecule has 0 aliphatic heterocycles. The lowest BCUT2D eigenvalue weighted by molar-refractivity contribution is 0.664. The highest BCUT2D eigenvalue weighted by Gasteiger charge is 2.00. The Hall–Kier alpha value is 0.110. The highest BCUT2D eigenvalue weighted by molar-refractivity contribution is 7.84. The lowest BCUT2D eigenvalue weighted by Crippen LogP contribution is -2.18. The molecule has 0 aromatic carbocycles. The highest BCUT2D eigenvalue weighted by Crippen LogP contribution is 1.95. The van der Waals surface area contributed by atoms with Crippen molar-refractivity contribution < 1.29 is 4.21 Å². The predicted molar refractivity (Wildman–Crippen MR) is 51.1 cm³/mol. The maximum Gasteiger partial charge on any atom is 0.0249 e. The second-order valence-corrected chi connectivity index (χ2v) is 4.66. The van der Waals surface area contributed by atoms with E-state index in [9.17, 15) is 4.21 Å².